The average Bonchev–Trinajstić information content (AvgIpc) is 2.82. The van der Waals surface area contributed by atoms with E-state index in [-0.39, 0.29) is 24.2 Å². The summed E-state index contributed by atoms with van der Waals surface area (Å²) in [7, 11) is 0. The second kappa shape index (κ2) is 12.4. The molecule has 0 unspecified atom stereocenters. The summed E-state index contributed by atoms with van der Waals surface area (Å²) >= 11 is 0. The molecule has 0 aromatic heterocycles. The quantitative estimate of drug-likeness (QED) is 0.511. The van der Waals surface area contributed by atoms with Gasteiger partial charge in [-0.3, -0.25) is 14.4 Å². The molecule has 2 saturated heterocycles. The summed E-state index contributed by atoms with van der Waals surface area (Å²) in [6.45, 7) is 3.01. The van der Waals surface area contributed by atoms with Crippen LogP contribution in [0.3, 0.4) is 0 Å². The Hall–Kier alpha value is -2.67. The molecule has 2 aliphatic rings. The lowest BCUT2D eigenvalue weighted by molar-refractivity contribution is -0.138. The van der Waals surface area contributed by atoms with Gasteiger partial charge in [0.1, 0.15) is 0 Å². The van der Waals surface area contributed by atoms with Gasteiger partial charge in [0.05, 0.1) is 12.3 Å². The minimum atomic E-state index is -0.924. The van der Waals surface area contributed by atoms with Gasteiger partial charge in [-0.25, -0.2) is 0 Å². The van der Waals surface area contributed by atoms with E-state index in [1.807, 2.05) is 36.4 Å². The minimum Gasteiger partial charge on any atom is -0.481 e. The third kappa shape index (κ3) is 7.79. The smallest absolute Gasteiger partial charge is 0.305 e. The highest BCUT2D eigenvalue weighted by Gasteiger charge is 2.29. The summed E-state index contributed by atoms with van der Waals surface area (Å²) < 4.78 is 0. The average molecular weight is 442 g/mol. The molecule has 7 heteroatoms. The molecule has 32 heavy (non-hydrogen) atoms. The summed E-state index contributed by atoms with van der Waals surface area (Å²) in [4.78, 5) is 38.6. The van der Waals surface area contributed by atoms with Crippen LogP contribution in [0.1, 0.15) is 44.1 Å². The van der Waals surface area contributed by atoms with E-state index >= 15 is 0 Å². The number of benzene rings is 1. The zero-order valence-electron chi connectivity index (χ0n) is 18.7. The van der Waals surface area contributed by atoms with Crippen LogP contribution >= 0.6 is 0 Å². The second-order valence-electron chi connectivity index (χ2n) is 8.90. The molecular formula is C25H35N3O4. The Morgan fingerprint density at radius 1 is 1.16 bits per heavy atom. The van der Waals surface area contributed by atoms with E-state index in [2.05, 4.69) is 10.6 Å². The van der Waals surface area contributed by atoms with Crippen LogP contribution in [0.15, 0.2) is 42.5 Å². The largest absolute Gasteiger partial charge is 0.481 e. The molecule has 3 rings (SSSR count). The molecule has 1 aromatic rings. The number of aryl methyl sites for hydroxylation is 1. The lowest BCUT2D eigenvalue weighted by Gasteiger charge is -2.32. The minimum absolute atomic E-state index is 0.0350. The van der Waals surface area contributed by atoms with Crippen molar-refractivity contribution in [3.05, 3.63) is 48.0 Å². The van der Waals surface area contributed by atoms with Crippen LogP contribution in [0.5, 0.6) is 0 Å². The zero-order valence-corrected chi connectivity index (χ0v) is 18.7. The van der Waals surface area contributed by atoms with Crippen molar-refractivity contribution in [2.24, 2.45) is 11.8 Å². The van der Waals surface area contributed by atoms with Crippen molar-refractivity contribution in [3.8, 4) is 0 Å². The topological polar surface area (TPSA) is 98.7 Å². The van der Waals surface area contributed by atoms with Gasteiger partial charge >= 0.3 is 5.97 Å². The molecule has 174 valence electrons. The molecule has 2 fully saturated rings. The predicted molar refractivity (Wildman–Crippen MR) is 123 cm³/mol. The number of carboxylic acid groups (broad SMARTS) is 1. The van der Waals surface area contributed by atoms with E-state index in [9.17, 15) is 19.5 Å². The number of nitrogens with zero attached hydrogens (tertiary/aromatic N) is 1. The number of piperidine rings is 2. The first-order valence-electron chi connectivity index (χ1n) is 11.7. The molecule has 2 aliphatic heterocycles. The maximum absolute atomic E-state index is 12.9. The van der Waals surface area contributed by atoms with Crippen LogP contribution in [0.2, 0.25) is 0 Å². The van der Waals surface area contributed by atoms with Crippen molar-refractivity contribution >= 4 is 17.8 Å². The number of likely N-dealkylation sites (tertiary alicyclic amines) is 1. The Morgan fingerprint density at radius 2 is 1.91 bits per heavy atom. The lowest BCUT2D eigenvalue weighted by Crippen LogP contribution is -2.47. The molecule has 2 atom stereocenters. The highest BCUT2D eigenvalue weighted by Crippen LogP contribution is 2.19. The van der Waals surface area contributed by atoms with E-state index in [4.69, 9.17) is 0 Å². The molecule has 1 aromatic carbocycles. The molecule has 0 spiro atoms. The fraction of sp³-hybridized carbons (Fsp3) is 0.560. The first kappa shape index (κ1) is 24.0. The Morgan fingerprint density at radius 3 is 2.62 bits per heavy atom. The van der Waals surface area contributed by atoms with Crippen LogP contribution in [0, 0.1) is 11.8 Å². The van der Waals surface area contributed by atoms with E-state index < -0.39 is 12.0 Å². The van der Waals surface area contributed by atoms with Gasteiger partial charge in [0.25, 0.3) is 0 Å². The number of amides is 2. The second-order valence-corrected chi connectivity index (χ2v) is 8.90. The highest BCUT2D eigenvalue weighted by atomic mass is 16.4. The van der Waals surface area contributed by atoms with E-state index in [0.29, 0.717) is 38.3 Å². The molecule has 7 nitrogen and oxygen atoms in total. The van der Waals surface area contributed by atoms with Gasteiger partial charge in [-0.15, -0.1) is 0 Å². The van der Waals surface area contributed by atoms with Crippen LogP contribution in [-0.2, 0) is 20.8 Å². The zero-order chi connectivity index (χ0) is 22.8. The van der Waals surface area contributed by atoms with Crippen molar-refractivity contribution in [2.75, 3.05) is 26.2 Å². The summed E-state index contributed by atoms with van der Waals surface area (Å²) in [5, 5.41) is 15.5. The van der Waals surface area contributed by atoms with Crippen molar-refractivity contribution < 1.29 is 19.5 Å². The van der Waals surface area contributed by atoms with Crippen molar-refractivity contribution in [1.82, 2.24) is 15.5 Å². The fourth-order valence-electron chi connectivity index (χ4n) is 4.49. The first-order valence-corrected chi connectivity index (χ1v) is 11.7. The van der Waals surface area contributed by atoms with Gasteiger partial charge in [-0.05, 0) is 69.2 Å². The first-order chi connectivity index (χ1) is 15.5. The molecule has 0 bridgehead atoms. The van der Waals surface area contributed by atoms with Crippen molar-refractivity contribution in [1.29, 1.82) is 0 Å². The van der Waals surface area contributed by atoms with Crippen molar-refractivity contribution in [3.63, 3.8) is 0 Å². The van der Waals surface area contributed by atoms with Gasteiger partial charge in [-0.1, -0.05) is 36.4 Å². The number of carboxylic acids is 1. The van der Waals surface area contributed by atoms with Crippen molar-refractivity contribution in [2.45, 2.75) is 51.0 Å². The third-order valence-corrected chi connectivity index (χ3v) is 6.39. The van der Waals surface area contributed by atoms with E-state index in [1.165, 1.54) is 0 Å². The summed E-state index contributed by atoms with van der Waals surface area (Å²) in [5.74, 6) is -0.971. The molecule has 3 N–H and O–H groups in total. The Labute approximate surface area is 190 Å². The van der Waals surface area contributed by atoms with Crippen LogP contribution in [-0.4, -0.2) is 60.0 Å². The van der Waals surface area contributed by atoms with E-state index in [0.717, 1.165) is 37.9 Å². The number of nitrogens with one attached hydrogen (secondary N) is 2. The van der Waals surface area contributed by atoms with Gasteiger partial charge < -0.3 is 20.6 Å². The summed E-state index contributed by atoms with van der Waals surface area (Å²) in [6.07, 6.45) is 8.43. The fourth-order valence-corrected chi connectivity index (χ4v) is 4.49. The standard InChI is InChI=1S/C25H35N3O4/c29-23(11-9-20-12-14-26-15-13-20)28-16-4-7-21(18-28)25(32)27-22(17-24(30)31)10-8-19-5-2-1-3-6-19/h1-3,5-6,9,11,20-22,26H,4,7-8,10,12-18H2,(H,27,32)(H,30,31)/b11-9+/t21-,22-/m1/s1. The normalized spacial score (nSPS) is 20.8. The SMILES string of the molecule is O=C(O)C[C@@H](CCc1ccccc1)NC(=O)[C@@H]1CCCN(C(=O)/C=C/C2CCNCC2)C1. The number of aliphatic carboxylic acids is 1. The Bertz CT molecular complexity index is 790. The van der Waals surface area contributed by atoms with E-state index in [1.54, 1.807) is 11.0 Å². The Kier molecular flexibility index (Phi) is 9.28. The number of hydrogen-bond acceptors (Lipinski definition) is 4. The third-order valence-electron chi connectivity index (χ3n) is 6.39. The van der Waals surface area contributed by atoms with Gasteiger partial charge in [0, 0.05) is 19.1 Å². The number of rotatable bonds is 9. The summed E-state index contributed by atoms with van der Waals surface area (Å²) in [6, 6.07) is 9.42. The van der Waals surface area contributed by atoms with Gasteiger partial charge in [0.15, 0.2) is 0 Å². The Balaban J connectivity index is 1.51. The maximum Gasteiger partial charge on any atom is 0.305 e. The highest BCUT2D eigenvalue weighted by molar-refractivity contribution is 5.88. The number of allylic oxidation sites excluding steroid dienone is 1. The predicted octanol–water partition coefficient (Wildman–Crippen LogP) is 2.37. The monoisotopic (exact) mass is 441 g/mol. The molecule has 0 aliphatic carbocycles. The maximum atomic E-state index is 12.9. The van der Waals surface area contributed by atoms with Crippen LogP contribution in [0.4, 0.5) is 0 Å². The van der Waals surface area contributed by atoms with Crippen LogP contribution < -0.4 is 10.6 Å². The molecule has 0 saturated carbocycles. The van der Waals surface area contributed by atoms with Crippen LogP contribution in [0.25, 0.3) is 0 Å². The molecule has 2 heterocycles. The number of carbonyl (C=O) groups is 3. The van der Waals surface area contributed by atoms with Gasteiger partial charge in [-0.2, -0.15) is 0 Å². The number of hydrogen-bond donors (Lipinski definition) is 3. The lowest BCUT2D eigenvalue weighted by atomic mass is 9.95. The molecule has 2 amide bonds. The molecule has 0 radical (unpaired) electrons. The molecular weight excluding hydrogens is 406 g/mol. The van der Waals surface area contributed by atoms with Gasteiger partial charge in [0.2, 0.25) is 11.8 Å². The number of carbonyl (C=O) groups excluding carboxylic acids is 2. The summed E-state index contributed by atoms with van der Waals surface area (Å²) in [5.41, 5.74) is 1.12.